The summed E-state index contributed by atoms with van der Waals surface area (Å²) in [4.78, 5) is 19.8. The van der Waals surface area contributed by atoms with Crippen LogP contribution in [0.1, 0.15) is 59.7 Å². The maximum Gasteiger partial charge on any atom is 0.166 e. The highest BCUT2D eigenvalue weighted by Gasteiger charge is 2.31. The van der Waals surface area contributed by atoms with E-state index >= 15 is 0 Å². The maximum absolute atomic E-state index is 2.29. The third-order valence-electron chi connectivity index (χ3n) is 14.6. The van der Waals surface area contributed by atoms with E-state index in [-0.39, 0.29) is 38.1 Å². The van der Waals surface area contributed by atoms with Crippen molar-refractivity contribution in [3.8, 4) is 0 Å². The Morgan fingerprint density at radius 1 is 0.193 bits per heavy atom. The summed E-state index contributed by atoms with van der Waals surface area (Å²) in [5.74, 6) is 0. The molecule has 0 aliphatic heterocycles. The lowest BCUT2D eigenvalue weighted by molar-refractivity contribution is 0.590. The van der Waals surface area contributed by atoms with Gasteiger partial charge in [-0.05, 0) is 235 Å². The molecule has 0 saturated carbocycles. The molecular weight excluding hydrogens is 1180 g/mol. The Labute approximate surface area is 546 Å². The van der Waals surface area contributed by atoms with Crippen molar-refractivity contribution in [1.29, 1.82) is 0 Å². The quantitative estimate of drug-likeness (QED) is 0.0939. The van der Waals surface area contributed by atoms with Crippen molar-refractivity contribution in [2.24, 2.45) is 0 Å². The monoisotopic (exact) mass is 1250 g/mol. The van der Waals surface area contributed by atoms with Gasteiger partial charge in [0.1, 0.15) is 0 Å². The second-order valence-electron chi connectivity index (χ2n) is 22.9. The van der Waals surface area contributed by atoms with E-state index in [0.29, 0.717) is 0 Å². The van der Waals surface area contributed by atoms with Crippen molar-refractivity contribution in [3.63, 3.8) is 0 Å². The zero-order chi connectivity index (χ0) is 61.4. The third kappa shape index (κ3) is 18.0. The lowest BCUT2D eigenvalue weighted by Crippen LogP contribution is -2.10. The first-order chi connectivity index (χ1) is 42.7. The summed E-state index contributed by atoms with van der Waals surface area (Å²) < 4.78 is 0. The highest BCUT2D eigenvalue weighted by Crippen LogP contribution is 2.39. The van der Waals surface area contributed by atoms with Gasteiger partial charge in [-0.2, -0.15) is 0 Å². The van der Waals surface area contributed by atoms with E-state index in [4.69, 9.17) is 0 Å². The van der Waals surface area contributed by atoms with Crippen LogP contribution in [-0.2, 0) is 38.1 Å². The molecule has 1 unspecified atom stereocenters. The van der Waals surface area contributed by atoms with E-state index in [0.717, 1.165) is 0 Å². The average Bonchev–Trinajstić information content (AvgIpc) is 3.69. The van der Waals surface area contributed by atoms with Gasteiger partial charge in [0.25, 0.3) is 0 Å². The fraction of sp³-hybridized carbons (Fsp3) is 0.122. The Balaban J connectivity index is 0.000000146. The van der Waals surface area contributed by atoms with Crippen molar-refractivity contribution < 1.29 is 0 Å². The molecule has 0 fully saturated rings. The summed E-state index contributed by atoms with van der Waals surface area (Å²) in [6, 6.07) is 111. The number of benzene rings is 12. The lowest BCUT2D eigenvalue weighted by Gasteiger charge is -2.19. The van der Waals surface area contributed by atoms with Crippen LogP contribution in [0, 0.1) is 41.5 Å². The fourth-order valence-corrected chi connectivity index (χ4v) is 18.2. The summed E-state index contributed by atoms with van der Waals surface area (Å²) in [6.45, 7) is 19.6. The second-order valence-corrected chi connectivity index (χ2v) is 32.4. The first kappa shape index (κ1) is 63.7. The van der Waals surface area contributed by atoms with Crippen LogP contribution in [0.3, 0.4) is 0 Å². The number of hydrogen-bond donors (Lipinski definition) is 0. The van der Waals surface area contributed by atoms with Crippen LogP contribution in [0.4, 0.5) is 0 Å². The molecule has 12 aromatic carbocycles. The molecule has 88 heavy (non-hydrogen) atoms. The standard InChI is InChI=1S/C29H29S2.C27H25S2.C26H23S2/c1-22-10-18-27(19-11-22)31(26-8-6-5-7-9-26)28-20-16-25(17-21-28)30-24-14-12-23(13-15-24)29(2,3)4;1-20-4-10-23(11-5-20)28-24-12-18-27(19-13-24)29(25-14-6-21(2)7-15-25)26-16-8-22(3)9-17-26;1-20-8-14-24(15-9-20)28(25-16-10-21(2)11-17-25)26-18-12-23(13-19-26)27-22-6-4-3-5-7-22/h5-21H,1-4H3;4-19H,1-3H3;3-19H,1-2H3/q3*+1. The van der Waals surface area contributed by atoms with Gasteiger partial charge in [0, 0.05) is 29.4 Å². The Hall–Kier alpha value is -7.26. The molecule has 0 N–H and O–H groups in total. The minimum atomic E-state index is -0.100. The van der Waals surface area contributed by atoms with Crippen molar-refractivity contribution in [2.75, 3.05) is 0 Å². The van der Waals surface area contributed by atoms with Crippen molar-refractivity contribution in [3.05, 3.63) is 342 Å². The van der Waals surface area contributed by atoms with Gasteiger partial charge < -0.3 is 0 Å². The SMILES string of the molecule is Cc1ccc(Sc2ccc([S+](c3ccc(C)cc3)c3ccc(C)cc3)cc2)cc1.Cc1ccc([S+](c2ccc(C)cc2)c2ccc(Sc3ccccc3)cc2)cc1.Cc1ccc([S+](c2ccccc2)c2ccc(Sc3ccc(C(C)(C)C)cc3)cc2)cc1. The Morgan fingerprint density at radius 2 is 0.364 bits per heavy atom. The Bertz CT molecular complexity index is 3960. The Morgan fingerprint density at radius 3 is 0.602 bits per heavy atom. The Kier molecular flexibility index (Phi) is 22.3. The summed E-state index contributed by atoms with van der Waals surface area (Å²) in [6.07, 6.45) is 0. The molecule has 438 valence electrons. The summed E-state index contributed by atoms with van der Waals surface area (Å²) in [5, 5.41) is 0. The first-order valence-corrected chi connectivity index (χ1v) is 36.0. The zero-order valence-electron chi connectivity index (χ0n) is 51.8. The highest BCUT2D eigenvalue weighted by atomic mass is 32.2. The van der Waals surface area contributed by atoms with Crippen molar-refractivity contribution in [1.82, 2.24) is 0 Å². The van der Waals surface area contributed by atoms with Crippen LogP contribution in [-0.4, -0.2) is 0 Å². The molecule has 0 aliphatic rings. The van der Waals surface area contributed by atoms with Crippen molar-refractivity contribution >= 4 is 68.0 Å². The zero-order valence-corrected chi connectivity index (χ0v) is 56.7. The molecule has 0 aromatic heterocycles. The molecule has 1 atom stereocenters. The number of hydrogen-bond acceptors (Lipinski definition) is 3. The van der Waals surface area contributed by atoms with E-state index < -0.39 is 0 Å². The smallest absolute Gasteiger partial charge is 0.0901 e. The van der Waals surface area contributed by atoms with Gasteiger partial charge in [-0.1, -0.05) is 211 Å². The van der Waals surface area contributed by atoms with Gasteiger partial charge in [0.05, 0.1) is 32.7 Å². The fourth-order valence-electron chi connectivity index (χ4n) is 9.61. The van der Waals surface area contributed by atoms with Crippen LogP contribution in [0.5, 0.6) is 0 Å². The maximum atomic E-state index is 2.29. The molecule has 0 amide bonds. The lowest BCUT2D eigenvalue weighted by atomic mass is 9.87. The molecule has 0 bridgehead atoms. The summed E-state index contributed by atoms with van der Waals surface area (Å²) in [5.41, 5.74) is 9.34. The predicted molar refractivity (Wildman–Crippen MR) is 383 cm³/mol. The first-order valence-electron chi connectivity index (χ1n) is 29.8. The highest BCUT2D eigenvalue weighted by molar-refractivity contribution is 8.00. The van der Waals surface area contributed by atoms with Gasteiger partial charge in [0.2, 0.25) is 0 Å². The number of aryl methyl sites for hydroxylation is 6. The van der Waals surface area contributed by atoms with Gasteiger partial charge >= 0.3 is 0 Å². The van der Waals surface area contributed by atoms with Gasteiger partial charge in [-0.25, -0.2) is 0 Å². The minimum absolute atomic E-state index is 0.0952. The molecule has 0 nitrogen and oxygen atoms in total. The average molecular weight is 1250 g/mol. The van der Waals surface area contributed by atoms with E-state index in [1.54, 1.807) is 11.8 Å². The van der Waals surface area contributed by atoms with Gasteiger partial charge in [-0.15, -0.1) is 0 Å². The molecule has 0 heterocycles. The predicted octanol–water partition coefficient (Wildman–Crippen LogP) is 23.9. The summed E-state index contributed by atoms with van der Waals surface area (Å²) >= 11 is 5.45. The van der Waals surface area contributed by atoms with Gasteiger partial charge in [0.15, 0.2) is 44.1 Å². The molecule has 12 aromatic rings. The minimum Gasteiger partial charge on any atom is -0.0901 e. The second kappa shape index (κ2) is 30.8. The normalized spacial score (nSPS) is 11.5. The molecule has 12 rings (SSSR count). The van der Waals surface area contributed by atoms with E-state index in [2.05, 4.69) is 366 Å². The largest absolute Gasteiger partial charge is 0.166 e. The molecule has 0 aliphatic carbocycles. The summed E-state index contributed by atoms with van der Waals surface area (Å²) in [7, 11) is -0.293. The van der Waals surface area contributed by atoms with Crippen LogP contribution in [0.15, 0.2) is 377 Å². The van der Waals surface area contributed by atoms with Crippen LogP contribution < -0.4 is 0 Å². The van der Waals surface area contributed by atoms with Crippen LogP contribution in [0.25, 0.3) is 0 Å². The van der Waals surface area contributed by atoms with Crippen LogP contribution in [0.2, 0.25) is 0 Å². The molecule has 0 radical (unpaired) electrons. The molecule has 0 spiro atoms. The molecule has 0 saturated heterocycles. The van der Waals surface area contributed by atoms with Gasteiger partial charge in [-0.3, -0.25) is 0 Å². The number of rotatable bonds is 15. The molecule has 6 heteroatoms. The molecular formula is C82H77S6+3. The van der Waals surface area contributed by atoms with E-state index in [1.807, 2.05) is 23.5 Å². The topological polar surface area (TPSA) is 0 Å². The third-order valence-corrected chi connectivity index (χ3v) is 24.4. The van der Waals surface area contributed by atoms with Crippen molar-refractivity contribution in [2.45, 2.75) is 141 Å². The van der Waals surface area contributed by atoms with Crippen LogP contribution >= 0.6 is 35.3 Å². The van der Waals surface area contributed by atoms with E-state index in [1.165, 1.54) is 112 Å². The van der Waals surface area contributed by atoms with E-state index in [9.17, 15) is 0 Å².